The summed E-state index contributed by atoms with van der Waals surface area (Å²) < 4.78 is 23.7. The Labute approximate surface area is 423 Å². The second-order valence-electron chi connectivity index (χ2n) is 21.4. The van der Waals surface area contributed by atoms with Crippen LogP contribution in [0.15, 0.2) is 36.5 Å². The summed E-state index contributed by atoms with van der Waals surface area (Å²) in [6, 6.07) is -0.864. The van der Waals surface area contributed by atoms with Gasteiger partial charge in [-0.15, -0.1) is 0 Å². The van der Waals surface area contributed by atoms with Crippen molar-refractivity contribution in [2.45, 2.75) is 296 Å². The number of hydrogen-bond donors (Lipinski definition) is 3. The van der Waals surface area contributed by atoms with E-state index >= 15 is 0 Å². The molecule has 1 amide bonds. The third-order valence-corrected chi connectivity index (χ3v) is 14.3. The Balaban J connectivity index is 4.24. The van der Waals surface area contributed by atoms with Gasteiger partial charge in [0.1, 0.15) is 13.2 Å². The molecule has 0 aromatic heterocycles. The predicted octanol–water partition coefficient (Wildman–Crippen LogP) is 17.8. The minimum atomic E-state index is -4.36. The van der Waals surface area contributed by atoms with Gasteiger partial charge >= 0.3 is 7.82 Å². The second-order valence-corrected chi connectivity index (χ2v) is 22.8. The Hall–Kier alpha value is -1.28. The first-order valence-electron chi connectivity index (χ1n) is 29.4. The van der Waals surface area contributed by atoms with Gasteiger partial charge in [-0.3, -0.25) is 13.8 Å². The van der Waals surface area contributed by atoms with Gasteiger partial charge in [0, 0.05) is 6.42 Å². The number of phosphoric ester groups is 1. The lowest BCUT2D eigenvalue weighted by atomic mass is 10.0. The van der Waals surface area contributed by atoms with E-state index in [1.165, 1.54) is 225 Å². The number of quaternary nitrogens is 1. The molecule has 0 aliphatic rings. The Bertz CT molecular complexity index is 1200. The zero-order valence-corrected chi connectivity index (χ0v) is 46.8. The monoisotopic (exact) mass is 980 g/mol. The average molecular weight is 981 g/mol. The Morgan fingerprint density at radius 2 is 0.809 bits per heavy atom. The van der Waals surface area contributed by atoms with E-state index in [0.717, 1.165) is 38.5 Å². The minimum absolute atomic E-state index is 0.0565. The average Bonchev–Trinajstić information content (AvgIpc) is 3.30. The molecule has 0 saturated heterocycles. The number of rotatable bonds is 54. The van der Waals surface area contributed by atoms with E-state index in [0.29, 0.717) is 17.4 Å². The van der Waals surface area contributed by atoms with Gasteiger partial charge in [0.2, 0.25) is 5.91 Å². The van der Waals surface area contributed by atoms with Crippen LogP contribution in [0.1, 0.15) is 284 Å². The minimum Gasteiger partial charge on any atom is -0.387 e. The molecule has 0 aromatic carbocycles. The second kappa shape index (κ2) is 50.7. The van der Waals surface area contributed by atoms with Crippen molar-refractivity contribution in [3.05, 3.63) is 36.5 Å². The molecular weight excluding hydrogens is 864 g/mol. The molecule has 0 aliphatic heterocycles. The smallest absolute Gasteiger partial charge is 0.387 e. The standard InChI is InChI=1S/C59H115N2O6P/c1-6-8-10-12-14-16-18-20-22-24-26-28-29-30-31-33-34-36-38-40-42-44-46-48-50-52-58(62)57(56-67-68(64,65)66-55-54-61(3,4)5)60-59(63)53-51-49-47-45-43-41-39-37-35-32-27-25-23-21-19-17-15-13-11-9-7-2/h25,27,42,44,50,52,57-58,62H,6-24,26,28-41,43,45-49,51,53-56H2,1-5H3,(H-,60,63,64,65)/p+1/b27-25-,44-42+,52-50+. The van der Waals surface area contributed by atoms with Crippen molar-refractivity contribution in [2.75, 3.05) is 40.9 Å². The Morgan fingerprint density at radius 1 is 0.485 bits per heavy atom. The number of aliphatic hydroxyl groups excluding tert-OH is 1. The number of phosphoric acid groups is 1. The van der Waals surface area contributed by atoms with Crippen LogP contribution in [0.4, 0.5) is 0 Å². The number of allylic oxidation sites excluding steroid dienone is 5. The van der Waals surface area contributed by atoms with Gasteiger partial charge in [0.05, 0.1) is 39.9 Å². The third kappa shape index (κ3) is 52.5. The number of unbranched alkanes of at least 4 members (excludes halogenated alkanes) is 37. The van der Waals surface area contributed by atoms with Gasteiger partial charge in [0.15, 0.2) is 0 Å². The molecule has 402 valence electrons. The quantitative estimate of drug-likeness (QED) is 0.0243. The summed E-state index contributed by atoms with van der Waals surface area (Å²) >= 11 is 0. The van der Waals surface area contributed by atoms with Gasteiger partial charge in [-0.2, -0.15) is 0 Å². The molecule has 0 heterocycles. The molecule has 0 radical (unpaired) electrons. The van der Waals surface area contributed by atoms with Crippen molar-refractivity contribution in [1.82, 2.24) is 5.32 Å². The van der Waals surface area contributed by atoms with E-state index in [9.17, 15) is 19.4 Å². The summed E-state index contributed by atoms with van der Waals surface area (Å²) in [5.41, 5.74) is 0. The maximum Gasteiger partial charge on any atom is 0.472 e. The zero-order valence-electron chi connectivity index (χ0n) is 45.9. The van der Waals surface area contributed by atoms with Crippen LogP contribution in [0, 0.1) is 0 Å². The summed E-state index contributed by atoms with van der Waals surface area (Å²) in [4.78, 5) is 23.3. The fourth-order valence-corrected chi connectivity index (χ4v) is 9.44. The fraction of sp³-hybridized carbons (Fsp3) is 0.881. The van der Waals surface area contributed by atoms with E-state index in [1.807, 2.05) is 27.2 Å². The molecule has 0 fully saturated rings. The first-order valence-corrected chi connectivity index (χ1v) is 30.9. The van der Waals surface area contributed by atoms with Crippen LogP contribution in [0.2, 0.25) is 0 Å². The molecular formula is C59H116N2O6P+. The molecule has 3 atom stereocenters. The number of carbonyl (C=O) groups excluding carboxylic acids is 1. The van der Waals surface area contributed by atoms with Gasteiger partial charge < -0.3 is 19.8 Å². The maximum absolute atomic E-state index is 13.0. The highest BCUT2D eigenvalue weighted by atomic mass is 31.2. The van der Waals surface area contributed by atoms with Crippen LogP contribution in [-0.4, -0.2) is 73.4 Å². The van der Waals surface area contributed by atoms with Crippen LogP contribution in [-0.2, 0) is 18.4 Å². The number of hydrogen-bond acceptors (Lipinski definition) is 5. The highest BCUT2D eigenvalue weighted by molar-refractivity contribution is 7.47. The zero-order chi connectivity index (χ0) is 49.9. The molecule has 0 spiro atoms. The number of likely N-dealkylation sites (N-methyl/N-ethyl adjacent to an activating group) is 1. The van der Waals surface area contributed by atoms with E-state index in [4.69, 9.17) is 9.05 Å². The molecule has 0 aliphatic carbocycles. The van der Waals surface area contributed by atoms with Gasteiger partial charge in [-0.05, 0) is 57.8 Å². The third-order valence-electron chi connectivity index (χ3n) is 13.3. The number of nitrogens with zero attached hydrogens (tertiary/aromatic N) is 1. The van der Waals surface area contributed by atoms with Crippen molar-refractivity contribution in [2.24, 2.45) is 0 Å². The largest absolute Gasteiger partial charge is 0.472 e. The van der Waals surface area contributed by atoms with Crippen LogP contribution < -0.4 is 5.32 Å². The van der Waals surface area contributed by atoms with Gasteiger partial charge in [0.25, 0.3) is 0 Å². The maximum atomic E-state index is 13.0. The van der Waals surface area contributed by atoms with Crippen LogP contribution in [0.3, 0.4) is 0 Å². The molecule has 8 nitrogen and oxygen atoms in total. The van der Waals surface area contributed by atoms with Gasteiger partial charge in [-0.25, -0.2) is 4.57 Å². The SMILES string of the molecule is CCCCCCCCCC/C=C\CCCCCCCCCCCC(=O)NC(COP(=O)(O)OCC[N+](C)(C)C)C(O)/C=C/CC/C=C/CCCCCCCCCCCCCCCCCCCCC. The van der Waals surface area contributed by atoms with Crippen LogP contribution >= 0.6 is 7.82 Å². The Morgan fingerprint density at radius 3 is 1.18 bits per heavy atom. The lowest BCUT2D eigenvalue weighted by Gasteiger charge is -2.25. The number of nitrogens with one attached hydrogen (secondary N) is 1. The Kier molecular flexibility index (Phi) is 49.7. The summed E-state index contributed by atoms with van der Waals surface area (Å²) in [5.74, 6) is -0.186. The van der Waals surface area contributed by atoms with E-state index in [1.54, 1.807) is 6.08 Å². The highest BCUT2D eigenvalue weighted by Gasteiger charge is 2.27. The first kappa shape index (κ1) is 66.7. The van der Waals surface area contributed by atoms with Crippen molar-refractivity contribution in [3.63, 3.8) is 0 Å². The number of carbonyl (C=O) groups is 1. The number of amides is 1. The van der Waals surface area contributed by atoms with E-state index in [2.05, 4.69) is 43.5 Å². The fourth-order valence-electron chi connectivity index (χ4n) is 8.70. The van der Waals surface area contributed by atoms with Crippen molar-refractivity contribution < 1.29 is 32.9 Å². The summed E-state index contributed by atoms with van der Waals surface area (Å²) in [7, 11) is 1.56. The van der Waals surface area contributed by atoms with Crippen molar-refractivity contribution >= 4 is 13.7 Å². The van der Waals surface area contributed by atoms with Crippen LogP contribution in [0.25, 0.3) is 0 Å². The van der Waals surface area contributed by atoms with E-state index in [-0.39, 0.29) is 19.1 Å². The normalized spacial score (nSPS) is 14.2. The van der Waals surface area contributed by atoms with Crippen LogP contribution in [0.5, 0.6) is 0 Å². The first-order chi connectivity index (χ1) is 33.0. The topological polar surface area (TPSA) is 105 Å². The predicted molar refractivity (Wildman–Crippen MR) is 295 cm³/mol. The molecule has 0 saturated carbocycles. The molecule has 0 rings (SSSR count). The van der Waals surface area contributed by atoms with Crippen molar-refractivity contribution in [1.29, 1.82) is 0 Å². The lowest BCUT2D eigenvalue weighted by molar-refractivity contribution is -0.870. The summed E-state index contributed by atoms with van der Waals surface area (Å²) in [6.45, 7) is 4.83. The number of aliphatic hydroxyl groups is 1. The van der Waals surface area contributed by atoms with Crippen molar-refractivity contribution in [3.8, 4) is 0 Å². The highest BCUT2D eigenvalue weighted by Crippen LogP contribution is 2.43. The molecule has 3 unspecified atom stereocenters. The summed E-state index contributed by atoms with van der Waals surface area (Å²) in [5, 5.41) is 13.9. The van der Waals surface area contributed by atoms with Gasteiger partial charge in [-0.1, -0.05) is 256 Å². The molecule has 0 bridgehead atoms. The molecule has 68 heavy (non-hydrogen) atoms. The van der Waals surface area contributed by atoms with E-state index < -0.39 is 20.0 Å². The molecule has 0 aromatic rings. The molecule has 3 N–H and O–H groups in total. The molecule has 9 heteroatoms. The lowest BCUT2D eigenvalue weighted by Crippen LogP contribution is -2.45. The summed E-state index contributed by atoms with van der Waals surface area (Å²) in [6.07, 6.45) is 65.4.